The maximum Gasteiger partial charge on any atom is 0.0596 e. The van der Waals surface area contributed by atoms with Crippen molar-refractivity contribution in [1.29, 1.82) is 0 Å². The van der Waals surface area contributed by atoms with Crippen molar-refractivity contribution >= 4 is 15.9 Å². The summed E-state index contributed by atoms with van der Waals surface area (Å²) in [4.78, 5) is 4.26. The van der Waals surface area contributed by atoms with Crippen molar-refractivity contribution in [2.24, 2.45) is 0 Å². The van der Waals surface area contributed by atoms with Gasteiger partial charge in [0.2, 0.25) is 0 Å². The minimum atomic E-state index is -0.312. The quantitative estimate of drug-likeness (QED) is 0.909. The fraction of sp³-hybridized carbons (Fsp3) is 0.615. The topological polar surface area (TPSA) is 42.4 Å². The first-order chi connectivity index (χ1) is 8.24. The molecule has 94 valence electrons. The summed E-state index contributed by atoms with van der Waals surface area (Å²) < 4.78 is 6.50. The second kappa shape index (κ2) is 6.47. The zero-order valence-electron chi connectivity index (χ0n) is 9.81. The second-order valence-corrected chi connectivity index (χ2v) is 5.45. The average Bonchev–Trinajstić information content (AvgIpc) is 2.83. The molecule has 0 aromatic carbocycles. The molecule has 0 bridgehead atoms. The highest BCUT2D eigenvalue weighted by atomic mass is 79.9. The van der Waals surface area contributed by atoms with Gasteiger partial charge in [-0.05, 0) is 53.7 Å². The predicted octanol–water partition coefficient (Wildman–Crippen LogP) is 2.71. The predicted molar refractivity (Wildman–Crippen MR) is 69.9 cm³/mol. The Morgan fingerprint density at radius 1 is 1.53 bits per heavy atom. The number of ether oxygens (including phenoxy) is 1. The molecule has 1 aromatic heterocycles. The molecular formula is C13H18BrNO2. The Hall–Kier alpha value is -0.450. The van der Waals surface area contributed by atoms with E-state index in [4.69, 9.17) is 4.74 Å². The minimum absolute atomic E-state index is 0.312. The lowest BCUT2D eigenvalue weighted by Gasteiger charge is -2.13. The van der Waals surface area contributed by atoms with Gasteiger partial charge in [-0.25, -0.2) is 0 Å². The molecule has 0 amide bonds. The molecule has 3 nitrogen and oxygen atoms in total. The SMILES string of the molecule is OC(CCC1CCCO1)Cc1ccc(Br)cn1. The summed E-state index contributed by atoms with van der Waals surface area (Å²) in [5.74, 6) is 0. The van der Waals surface area contributed by atoms with E-state index in [0.717, 1.165) is 42.5 Å². The standard InChI is InChI=1S/C13H18BrNO2/c14-10-3-4-11(15-9-10)8-12(16)5-6-13-2-1-7-17-13/h3-4,9,12-13,16H,1-2,5-8H2. The third kappa shape index (κ3) is 4.37. The summed E-state index contributed by atoms with van der Waals surface area (Å²) in [6.45, 7) is 0.884. The van der Waals surface area contributed by atoms with Gasteiger partial charge in [0.25, 0.3) is 0 Å². The van der Waals surface area contributed by atoms with E-state index in [1.54, 1.807) is 6.20 Å². The van der Waals surface area contributed by atoms with Gasteiger partial charge >= 0.3 is 0 Å². The highest BCUT2D eigenvalue weighted by molar-refractivity contribution is 9.10. The van der Waals surface area contributed by atoms with Crippen LogP contribution in [0.1, 0.15) is 31.4 Å². The molecule has 1 N–H and O–H groups in total. The Bertz CT molecular complexity index is 336. The second-order valence-electron chi connectivity index (χ2n) is 4.54. The Kier molecular flexibility index (Phi) is 4.95. The fourth-order valence-corrected chi connectivity index (χ4v) is 2.36. The lowest BCUT2D eigenvalue weighted by molar-refractivity contribution is 0.0811. The fourth-order valence-electron chi connectivity index (χ4n) is 2.12. The number of aromatic nitrogens is 1. The molecule has 2 atom stereocenters. The number of halogens is 1. The van der Waals surface area contributed by atoms with E-state index in [1.807, 2.05) is 12.1 Å². The van der Waals surface area contributed by atoms with Crippen LogP contribution in [0.2, 0.25) is 0 Å². The molecule has 2 heterocycles. The van der Waals surface area contributed by atoms with Crippen LogP contribution < -0.4 is 0 Å². The molecule has 1 aromatic rings. The number of hydrogen-bond donors (Lipinski definition) is 1. The van der Waals surface area contributed by atoms with Gasteiger partial charge in [-0.15, -0.1) is 0 Å². The smallest absolute Gasteiger partial charge is 0.0596 e. The lowest BCUT2D eigenvalue weighted by atomic mass is 10.0. The van der Waals surface area contributed by atoms with Crippen molar-refractivity contribution in [2.75, 3.05) is 6.61 Å². The Morgan fingerprint density at radius 2 is 2.41 bits per heavy atom. The number of aliphatic hydroxyl groups is 1. The molecule has 1 aliphatic heterocycles. The maximum absolute atomic E-state index is 9.92. The van der Waals surface area contributed by atoms with Crippen LogP contribution in [0, 0.1) is 0 Å². The first-order valence-electron chi connectivity index (χ1n) is 6.14. The van der Waals surface area contributed by atoms with Crippen LogP contribution in [0.3, 0.4) is 0 Å². The molecule has 0 saturated carbocycles. The van der Waals surface area contributed by atoms with Gasteiger partial charge in [-0.2, -0.15) is 0 Å². The summed E-state index contributed by atoms with van der Waals surface area (Å²) in [5.41, 5.74) is 0.938. The van der Waals surface area contributed by atoms with E-state index in [-0.39, 0.29) is 6.10 Å². The van der Waals surface area contributed by atoms with Crippen molar-refractivity contribution in [3.05, 3.63) is 28.5 Å². The number of rotatable bonds is 5. The van der Waals surface area contributed by atoms with Gasteiger partial charge in [0.1, 0.15) is 0 Å². The van der Waals surface area contributed by atoms with Gasteiger partial charge in [0.15, 0.2) is 0 Å². The molecular weight excluding hydrogens is 282 g/mol. The number of hydrogen-bond acceptors (Lipinski definition) is 3. The van der Waals surface area contributed by atoms with Crippen LogP contribution in [0.5, 0.6) is 0 Å². The van der Waals surface area contributed by atoms with Gasteiger partial charge in [-0.3, -0.25) is 4.98 Å². The lowest BCUT2D eigenvalue weighted by Crippen LogP contribution is -2.15. The molecule has 4 heteroatoms. The average molecular weight is 300 g/mol. The Morgan fingerprint density at radius 3 is 3.06 bits per heavy atom. The summed E-state index contributed by atoms with van der Waals surface area (Å²) >= 11 is 3.35. The minimum Gasteiger partial charge on any atom is -0.393 e. The van der Waals surface area contributed by atoms with Gasteiger partial charge in [0, 0.05) is 29.4 Å². The van der Waals surface area contributed by atoms with Crippen LogP contribution in [-0.4, -0.2) is 28.9 Å². The van der Waals surface area contributed by atoms with Gasteiger partial charge < -0.3 is 9.84 Å². The Balaban J connectivity index is 1.72. The third-order valence-electron chi connectivity index (χ3n) is 3.08. The van der Waals surface area contributed by atoms with Crippen LogP contribution in [0.4, 0.5) is 0 Å². The van der Waals surface area contributed by atoms with Crippen molar-refractivity contribution < 1.29 is 9.84 Å². The van der Waals surface area contributed by atoms with Crippen LogP contribution in [0.25, 0.3) is 0 Å². The molecule has 1 saturated heterocycles. The highest BCUT2D eigenvalue weighted by Crippen LogP contribution is 2.18. The summed E-state index contributed by atoms with van der Waals surface area (Å²) in [7, 11) is 0. The largest absolute Gasteiger partial charge is 0.393 e. The molecule has 1 aliphatic rings. The van der Waals surface area contributed by atoms with Crippen molar-refractivity contribution in [3.63, 3.8) is 0 Å². The molecule has 0 aliphatic carbocycles. The van der Waals surface area contributed by atoms with Crippen molar-refractivity contribution in [1.82, 2.24) is 4.98 Å². The van der Waals surface area contributed by atoms with E-state index < -0.39 is 0 Å². The molecule has 17 heavy (non-hydrogen) atoms. The molecule has 0 radical (unpaired) electrons. The number of aliphatic hydroxyl groups excluding tert-OH is 1. The number of pyridine rings is 1. The van der Waals surface area contributed by atoms with Gasteiger partial charge in [-0.1, -0.05) is 0 Å². The van der Waals surface area contributed by atoms with E-state index in [9.17, 15) is 5.11 Å². The van der Waals surface area contributed by atoms with Crippen LogP contribution in [0.15, 0.2) is 22.8 Å². The maximum atomic E-state index is 9.92. The monoisotopic (exact) mass is 299 g/mol. The van der Waals surface area contributed by atoms with Crippen molar-refractivity contribution in [3.8, 4) is 0 Å². The van der Waals surface area contributed by atoms with Crippen LogP contribution >= 0.6 is 15.9 Å². The van der Waals surface area contributed by atoms with Crippen LogP contribution in [-0.2, 0) is 11.2 Å². The molecule has 2 rings (SSSR count). The number of nitrogens with zero attached hydrogens (tertiary/aromatic N) is 1. The first-order valence-corrected chi connectivity index (χ1v) is 6.93. The normalized spacial score (nSPS) is 21.6. The Labute approximate surface area is 110 Å². The zero-order chi connectivity index (χ0) is 12.1. The van der Waals surface area contributed by atoms with E-state index >= 15 is 0 Å². The molecule has 0 spiro atoms. The van der Waals surface area contributed by atoms with Crippen molar-refractivity contribution in [2.45, 2.75) is 44.3 Å². The molecule has 1 fully saturated rings. The van der Waals surface area contributed by atoms with Gasteiger partial charge in [0.05, 0.1) is 12.2 Å². The van der Waals surface area contributed by atoms with E-state index in [2.05, 4.69) is 20.9 Å². The molecule has 2 unspecified atom stereocenters. The van der Waals surface area contributed by atoms with E-state index in [1.165, 1.54) is 0 Å². The zero-order valence-corrected chi connectivity index (χ0v) is 11.4. The summed E-state index contributed by atoms with van der Waals surface area (Å²) in [5, 5.41) is 9.92. The third-order valence-corrected chi connectivity index (χ3v) is 3.55. The first kappa shape index (κ1) is 13.0. The van der Waals surface area contributed by atoms with E-state index in [0.29, 0.717) is 12.5 Å². The highest BCUT2D eigenvalue weighted by Gasteiger charge is 2.17. The summed E-state index contributed by atoms with van der Waals surface area (Å²) in [6.07, 6.45) is 6.50. The summed E-state index contributed by atoms with van der Waals surface area (Å²) in [6, 6.07) is 3.90.